The van der Waals surface area contributed by atoms with Crippen LogP contribution >= 0.6 is 12.4 Å². The predicted molar refractivity (Wildman–Crippen MR) is 103 cm³/mol. The standard InChI is InChI=1S/C19H29N3O2.ClH/c1-13(2)18(24)22(4)11-14-5-7-15(8-6-14)17(23)21-19(3,12-20)16-9-10-16;/h5-8,13,16H,9-12,20H2,1-4H3,(H,21,23);1H. The molecule has 0 aliphatic heterocycles. The molecule has 0 aromatic heterocycles. The van der Waals surface area contributed by atoms with Crippen LogP contribution in [0.1, 0.15) is 49.5 Å². The average Bonchev–Trinajstić information content (AvgIpc) is 3.39. The molecule has 140 valence electrons. The lowest BCUT2D eigenvalue weighted by atomic mass is 9.95. The van der Waals surface area contributed by atoms with Crippen LogP contribution in [0.4, 0.5) is 0 Å². The highest BCUT2D eigenvalue weighted by atomic mass is 35.5. The Morgan fingerprint density at radius 3 is 2.28 bits per heavy atom. The quantitative estimate of drug-likeness (QED) is 0.777. The number of carbonyl (C=O) groups excluding carboxylic acids is 2. The first-order valence-corrected chi connectivity index (χ1v) is 8.63. The number of hydrogen-bond acceptors (Lipinski definition) is 3. The third-order valence-electron chi connectivity index (χ3n) is 4.81. The van der Waals surface area contributed by atoms with Crippen molar-refractivity contribution in [2.45, 2.75) is 45.7 Å². The zero-order chi connectivity index (χ0) is 17.9. The van der Waals surface area contributed by atoms with Crippen molar-refractivity contribution in [3.05, 3.63) is 35.4 Å². The van der Waals surface area contributed by atoms with Gasteiger partial charge in [0.25, 0.3) is 5.91 Å². The van der Waals surface area contributed by atoms with Crippen LogP contribution in [0.5, 0.6) is 0 Å². The van der Waals surface area contributed by atoms with Gasteiger partial charge in [-0.25, -0.2) is 0 Å². The Bertz CT molecular complexity index is 599. The number of amides is 2. The Hall–Kier alpha value is -1.59. The third-order valence-corrected chi connectivity index (χ3v) is 4.81. The van der Waals surface area contributed by atoms with Crippen LogP contribution in [0.3, 0.4) is 0 Å². The summed E-state index contributed by atoms with van der Waals surface area (Å²) in [7, 11) is 1.80. The summed E-state index contributed by atoms with van der Waals surface area (Å²) < 4.78 is 0. The lowest BCUT2D eigenvalue weighted by Crippen LogP contribution is -2.53. The molecule has 1 aromatic carbocycles. The Morgan fingerprint density at radius 2 is 1.84 bits per heavy atom. The SMILES string of the molecule is CC(C)C(=O)N(C)Cc1ccc(C(=O)NC(C)(CN)C2CC2)cc1.Cl. The molecule has 25 heavy (non-hydrogen) atoms. The molecule has 1 aliphatic rings. The molecule has 1 atom stereocenters. The minimum Gasteiger partial charge on any atom is -0.345 e. The molecule has 0 spiro atoms. The first kappa shape index (κ1) is 21.5. The molecule has 1 fully saturated rings. The molecule has 6 heteroatoms. The van der Waals surface area contributed by atoms with Gasteiger partial charge in [0.05, 0.1) is 5.54 Å². The second kappa shape index (κ2) is 8.68. The second-order valence-corrected chi connectivity index (χ2v) is 7.40. The lowest BCUT2D eigenvalue weighted by Gasteiger charge is -2.29. The summed E-state index contributed by atoms with van der Waals surface area (Å²) in [6.45, 7) is 6.79. The second-order valence-electron chi connectivity index (χ2n) is 7.40. The maximum atomic E-state index is 12.5. The van der Waals surface area contributed by atoms with E-state index in [1.165, 1.54) is 0 Å². The summed E-state index contributed by atoms with van der Waals surface area (Å²) in [5.41, 5.74) is 7.16. The Kier molecular flexibility index (Phi) is 7.44. The molecule has 0 bridgehead atoms. The van der Waals surface area contributed by atoms with Gasteiger partial charge in [0.15, 0.2) is 0 Å². The van der Waals surface area contributed by atoms with E-state index in [4.69, 9.17) is 5.73 Å². The van der Waals surface area contributed by atoms with Crippen molar-refractivity contribution in [1.29, 1.82) is 0 Å². The van der Waals surface area contributed by atoms with Crippen molar-refractivity contribution < 1.29 is 9.59 Å². The fourth-order valence-corrected chi connectivity index (χ4v) is 2.93. The van der Waals surface area contributed by atoms with E-state index in [1.807, 2.05) is 45.0 Å². The van der Waals surface area contributed by atoms with Gasteiger partial charge < -0.3 is 16.0 Å². The molecule has 3 N–H and O–H groups in total. The van der Waals surface area contributed by atoms with E-state index in [0.29, 0.717) is 24.6 Å². The van der Waals surface area contributed by atoms with Crippen LogP contribution in [-0.2, 0) is 11.3 Å². The molecule has 2 amide bonds. The summed E-state index contributed by atoms with van der Waals surface area (Å²) in [6.07, 6.45) is 2.26. The maximum Gasteiger partial charge on any atom is 0.251 e. The Balaban J connectivity index is 0.00000312. The first-order valence-electron chi connectivity index (χ1n) is 8.63. The third kappa shape index (κ3) is 5.44. The molecule has 1 unspecified atom stereocenters. The molecule has 0 radical (unpaired) electrons. The van der Waals surface area contributed by atoms with Crippen molar-refractivity contribution in [1.82, 2.24) is 10.2 Å². The van der Waals surface area contributed by atoms with Crippen molar-refractivity contribution in [3.8, 4) is 0 Å². The highest BCUT2D eigenvalue weighted by molar-refractivity contribution is 5.94. The molecular formula is C19H30ClN3O2. The number of hydrogen-bond donors (Lipinski definition) is 2. The molecule has 2 rings (SSSR count). The van der Waals surface area contributed by atoms with Crippen molar-refractivity contribution >= 4 is 24.2 Å². The molecule has 1 aromatic rings. The lowest BCUT2D eigenvalue weighted by molar-refractivity contribution is -0.133. The molecular weight excluding hydrogens is 338 g/mol. The predicted octanol–water partition coefficient (Wildman–Crippen LogP) is 2.58. The van der Waals surface area contributed by atoms with Crippen LogP contribution in [-0.4, -0.2) is 35.8 Å². The summed E-state index contributed by atoms with van der Waals surface area (Å²) >= 11 is 0. The number of benzene rings is 1. The van der Waals surface area contributed by atoms with Gasteiger partial charge in [-0.1, -0.05) is 26.0 Å². The minimum atomic E-state index is -0.320. The van der Waals surface area contributed by atoms with Crippen LogP contribution in [0, 0.1) is 11.8 Å². The molecule has 0 saturated heterocycles. The van der Waals surface area contributed by atoms with E-state index in [1.54, 1.807) is 11.9 Å². The van der Waals surface area contributed by atoms with Crippen LogP contribution < -0.4 is 11.1 Å². The van der Waals surface area contributed by atoms with E-state index in [-0.39, 0.29) is 35.7 Å². The molecule has 5 nitrogen and oxygen atoms in total. The highest BCUT2D eigenvalue weighted by Crippen LogP contribution is 2.39. The summed E-state index contributed by atoms with van der Waals surface area (Å²) in [5.74, 6) is 0.491. The van der Waals surface area contributed by atoms with Crippen molar-refractivity contribution in [2.24, 2.45) is 17.6 Å². The highest BCUT2D eigenvalue weighted by Gasteiger charge is 2.41. The van der Waals surface area contributed by atoms with Crippen LogP contribution in [0.2, 0.25) is 0 Å². The number of halogens is 1. The number of rotatable bonds is 7. The van der Waals surface area contributed by atoms with Gasteiger partial charge in [0, 0.05) is 31.6 Å². The summed E-state index contributed by atoms with van der Waals surface area (Å²) in [5, 5.41) is 3.09. The molecule has 0 heterocycles. The van der Waals surface area contributed by atoms with E-state index in [2.05, 4.69) is 5.32 Å². The normalized spacial score (nSPS) is 15.9. The maximum absolute atomic E-state index is 12.5. The number of carbonyl (C=O) groups is 2. The monoisotopic (exact) mass is 367 g/mol. The Labute approximate surface area is 156 Å². The van der Waals surface area contributed by atoms with Gasteiger partial charge in [-0.15, -0.1) is 12.4 Å². The van der Waals surface area contributed by atoms with Gasteiger partial charge in [-0.05, 0) is 43.4 Å². The summed E-state index contributed by atoms with van der Waals surface area (Å²) in [4.78, 5) is 26.1. The fourth-order valence-electron chi connectivity index (χ4n) is 2.93. The minimum absolute atomic E-state index is 0. The smallest absolute Gasteiger partial charge is 0.251 e. The zero-order valence-electron chi connectivity index (χ0n) is 15.5. The van der Waals surface area contributed by atoms with Crippen LogP contribution in [0.25, 0.3) is 0 Å². The van der Waals surface area contributed by atoms with Crippen molar-refractivity contribution in [2.75, 3.05) is 13.6 Å². The van der Waals surface area contributed by atoms with E-state index in [0.717, 1.165) is 18.4 Å². The van der Waals surface area contributed by atoms with Gasteiger partial charge in [0.2, 0.25) is 5.91 Å². The van der Waals surface area contributed by atoms with Gasteiger partial charge >= 0.3 is 0 Å². The van der Waals surface area contributed by atoms with E-state index >= 15 is 0 Å². The fraction of sp³-hybridized carbons (Fsp3) is 0.579. The average molecular weight is 368 g/mol. The largest absolute Gasteiger partial charge is 0.345 e. The van der Waals surface area contributed by atoms with Crippen LogP contribution in [0.15, 0.2) is 24.3 Å². The van der Waals surface area contributed by atoms with Crippen molar-refractivity contribution in [3.63, 3.8) is 0 Å². The van der Waals surface area contributed by atoms with E-state index in [9.17, 15) is 9.59 Å². The molecule has 1 aliphatic carbocycles. The topological polar surface area (TPSA) is 75.4 Å². The van der Waals surface area contributed by atoms with E-state index < -0.39 is 0 Å². The Morgan fingerprint density at radius 1 is 1.28 bits per heavy atom. The number of nitrogens with two attached hydrogens (primary N) is 1. The van der Waals surface area contributed by atoms with Gasteiger partial charge in [-0.2, -0.15) is 0 Å². The zero-order valence-corrected chi connectivity index (χ0v) is 16.4. The first-order chi connectivity index (χ1) is 11.3. The summed E-state index contributed by atoms with van der Waals surface area (Å²) in [6, 6.07) is 7.41. The molecule has 1 saturated carbocycles. The van der Waals surface area contributed by atoms with Gasteiger partial charge in [-0.3, -0.25) is 9.59 Å². The van der Waals surface area contributed by atoms with Gasteiger partial charge in [0.1, 0.15) is 0 Å². The number of nitrogens with zero attached hydrogens (tertiary/aromatic N) is 1. The number of nitrogens with one attached hydrogen (secondary N) is 1.